The molecular weight excluding hydrogens is 430 g/mol. The number of pyridine rings is 1. The summed E-state index contributed by atoms with van der Waals surface area (Å²) in [6.07, 6.45) is 0. The second-order valence-electron chi connectivity index (χ2n) is 6.44. The lowest BCUT2D eigenvalue weighted by Crippen LogP contribution is -2.07. The summed E-state index contributed by atoms with van der Waals surface area (Å²) in [5.41, 5.74) is 0.352. The molecule has 0 bridgehead atoms. The zero-order valence-electron chi connectivity index (χ0n) is 15.1. The fourth-order valence-corrected chi connectivity index (χ4v) is 4.72. The number of fused-ring (bicyclic) bond motifs is 1. The Balaban J connectivity index is 2.05. The van der Waals surface area contributed by atoms with E-state index >= 15 is 0 Å². The van der Waals surface area contributed by atoms with Crippen LogP contribution in [0.4, 0.5) is 8.78 Å². The van der Waals surface area contributed by atoms with Gasteiger partial charge in [0.25, 0.3) is 0 Å². The number of nitrogens with zero attached hydrogens (tertiary/aromatic N) is 2. The van der Waals surface area contributed by atoms with Gasteiger partial charge in [-0.05, 0) is 48.5 Å². The van der Waals surface area contributed by atoms with Gasteiger partial charge in [-0.3, -0.25) is 0 Å². The molecule has 4 rings (SSSR count). The lowest BCUT2D eigenvalue weighted by molar-refractivity contribution is 0.594. The van der Waals surface area contributed by atoms with Crippen molar-refractivity contribution in [2.45, 2.75) is 9.79 Å². The normalized spacial score (nSPS) is 11.4. The quantitative estimate of drug-likeness (QED) is 0.392. The summed E-state index contributed by atoms with van der Waals surface area (Å²) in [5, 5.41) is 9.83. The predicted molar refractivity (Wildman–Crippen MR) is 109 cm³/mol. The van der Waals surface area contributed by atoms with E-state index in [1.807, 2.05) is 0 Å². The van der Waals surface area contributed by atoms with Crippen molar-refractivity contribution in [3.05, 3.63) is 89.0 Å². The summed E-state index contributed by atoms with van der Waals surface area (Å²) in [6, 6.07) is 16.2. The Morgan fingerprint density at radius 1 is 0.967 bits per heavy atom. The third-order valence-electron chi connectivity index (χ3n) is 4.50. The van der Waals surface area contributed by atoms with Crippen molar-refractivity contribution in [3.8, 4) is 17.3 Å². The summed E-state index contributed by atoms with van der Waals surface area (Å²) in [5.74, 6) is -1.33. The predicted octanol–water partition coefficient (Wildman–Crippen LogP) is 5.54. The van der Waals surface area contributed by atoms with Gasteiger partial charge in [0.2, 0.25) is 9.84 Å². The lowest BCUT2D eigenvalue weighted by atomic mass is 10.1. The Morgan fingerprint density at radius 2 is 1.77 bits per heavy atom. The Bertz CT molecular complexity index is 1460. The van der Waals surface area contributed by atoms with Gasteiger partial charge in [0.15, 0.2) is 0 Å². The second-order valence-corrected chi connectivity index (χ2v) is 8.79. The first kappa shape index (κ1) is 20.0. The van der Waals surface area contributed by atoms with Crippen molar-refractivity contribution in [2.24, 2.45) is 0 Å². The molecule has 0 fully saturated rings. The van der Waals surface area contributed by atoms with Crippen LogP contribution in [0.2, 0.25) is 5.02 Å². The number of rotatable bonds is 3. The largest absolute Gasteiger partial charge is 0.246 e. The molecule has 0 atom stereocenters. The molecule has 0 saturated carbocycles. The molecule has 0 unspecified atom stereocenters. The zero-order valence-corrected chi connectivity index (χ0v) is 16.7. The average molecular weight is 441 g/mol. The van der Waals surface area contributed by atoms with Crippen molar-refractivity contribution < 1.29 is 17.2 Å². The third kappa shape index (κ3) is 3.52. The van der Waals surface area contributed by atoms with Crippen LogP contribution in [-0.2, 0) is 9.84 Å². The van der Waals surface area contributed by atoms with Gasteiger partial charge in [0, 0.05) is 22.0 Å². The van der Waals surface area contributed by atoms with Crippen LogP contribution >= 0.6 is 11.6 Å². The van der Waals surface area contributed by atoms with Gasteiger partial charge in [-0.15, -0.1) is 0 Å². The first-order valence-corrected chi connectivity index (χ1v) is 10.5. The van der Waals surface area contributed by atoms with Crippen LogP contribution in [0.3, 0.4) is 0 Å². The van der Waals surface area contributed by atoms with Crippen molar-refractivity contribution in [1.82, 2.24) is 4.98 Å². The molecule has 0 aliphatic carbocycles. The van der Waals surface area contributed by atoms with E-state index in [2.05, 4.69) is 4.98 Å². The van der Waals surface area contributed by atoms with Gasteiger partial charge >= 0.3 is 0 Å². The van der Waals surface area contributed by atoms with Gasteiger partial charge in [-0.1, -0.05) is 23.7 Å². The molecule has 0 aliphatic heterocycles. The van der Waals surface area contributed by atoms with Crippen LogP contribution in [0.5, 0.6) is 0 Å². The minimum atomic E-state index is -4.20. The number of nitriles is 1. The minimum absolute atomic E-state index is 0.0680. The van der Waals surface area contributed by atoms with Crippen LogP contribution in [0.15, 0.2) is 76.5 Å². The van der Waals surface area contributed by atoms with E-state index in [-0.39, 0.29) is 21.0 Å². The van der Waals surface area contributed by atoms with Crippen molar-refractivity contribution in [1.29, 1.82) is 5.26 Å². The van der Waals surface area contributed by atoms with Gasteiger partial charge in [-0.25, -0.2) is 22.2 Å². The van der Waals surface area contributed by atoms with E-state index < -0.39 is 27.0 Å². The van der Waals surface area contributed by atoms with E-state index in [4.69, 9.17) is 16.9 Å². The molecule has 3 aromatic carbocycles. The SMILES string of the molecule is N#Cc1cc(S(=O)(=O)c2cc3ccc(F)cc3nc2-c2cccc(Cl)c2)ccc1F. The van der Waals surface area contributed by atoms with Crippen LogP contribution < -0.4 is 0 Å². The lowest BCUT2D eigenvalue weighted by Gasteiger charge is -2.13. The van der Waals surface area contributed by atoms with Gasteiger partial charge < -0.3 is 0 Å². The Hall–Kier alpha value is -3.34. The number of sulfone groups is 1. The average Bonchev–Trinajstić information content (AvgIpc) is 2.73. The molecule has 0 saturated heterocycles. The molecule has 8 heteroatoms. The molecule has 30 heavy (non-hydrogen) atoms. The van der Waals surface area contributed by atoms with Crippen molar-refractivity contribution in [2.75, 3.05) is 0 Å². The molecule has 1 aromatic heterocycles. The van der Waals surface area contributed by atoms with Gasteiger partial charge in [0.1, 0.15) is 17.7 Å². The minimum Gasteiger partial charge on any atom is -0.246 e. The molecule has 0 N–H and O–H groups in total. The van der Waals surface area contributed by atoms with Crippen LogP contribution in [0.25, 0.3) is 22.2 Å². The number of halogens is 3. The summed E-state index contributed by atoms with van der Waals surface area (Å²) < 4.78 is 54.3. The van der Waals surface area contributed by atoms with E-state index in [1.165, 1.54) is 24.3 Å². The summed E-state index contributed by atoms with van der Waals surface area (Å²) in [4.78, 5) is 3.96. The van der Waals surface area contributed by atoms with E-state index in [9.17, 15) is 17.2 Å². The van der Waals surface area contributed by atoms with Gasteiger partial charge in [0.05, 0.1) is 26.6 Å². The molecular formula is C22H11ClF2N2O2S. The highest BCUT2D eigenvalue weighted by molar-refractivity contribution is 7.91. The monoisotopic (exact) mass is 440 g/mol. The first-order chi connectivity index (χ1) is 14.3. The first-order valence-electron chi connectivity index (χ1n) is 8.60. The molecule has 0 amide bonds. The molecule has 148 valence electrons. The summed E-state index contributed by atoms with van der Waals surface area (Å²) in [7, 11) is -4.20. The highest BCUT2D eigenvalue weighted by Gasteiger charge is 2.25. The van der Waals surface area contributed by atoms with E-state index in [0.29, 0.717) is 16.0 Å². The van der Waals surface area contributed by atoms with Crippen molar-refractivity contribution >= 4 is 32.3 Å². The van der Waals surface area contributed by atoms with Crippen LogP contribution in [0.1, 0.15) is 5.56 Å². The number of benzene rings is 3. The van der Waals surface area contributed by atoms with Crippen LogP contribution in [0, 0.1) is 23.0 Å². The smallest absolute Gasteiger partial charge is 0.208 e. The highest BCUT2D eigenvalue weighted by Crippen LogP contribution is 2.34. The van der Waals surface area contributed by atoms with E-state index in [1.54, 1.807) is 30.3 Å². The molecule has 4 aromatic rings. The highest BCUT2D eigenvalue weighted by atomic mass is 35.5. The number of hydrogen-bond donors (Lipinski definition) is 0. The summed E-state index contributed by atoms with van der Waals surface area (Å²) >= 11 is 6.06. The topological polar surface area (TPSA) is 70.8 Å². The molecule has 4 nitrogen and oxygen atoms in total. The van der Waals surface area contributed by atoms with Crippen LogP contribution in [-0.4, -0.2) is 13.4 Å². The fourth-order valence-electron chi connectivity index (χ4n) is 3.05. The Morgan fingerprint density at radius 3 is 2.50 bits per heavy atom. The standard InChI is InChI=1S/C22H11ClF2N2O2S/c23-16-3-1-2-14(8-16)22-21(10-13-4-5-17(24)11-20(13)27-22)30(28,29)18-6-7-19(25)15(9-18)12-26/h1-11H. The molecule has 0 spiro atoms. The maximum absolute atomic E-state index is 13.7. The maximum Gasteiger partial charge on any atom is 0.208 e. The Kier molecular flexibility index (Phi) is 4.98. The van der Waals surface area contributed by atoms with Gasteiger partial charge in [-0.2, -0.15) is 5.26 Å². The molecule has 1 heterocycles. The van der Waals surface area contributed by atoms with E-state index in [0.717, 1.165) is 18.2 Å². The maximum atomic E-state index is 13.7. The third-order valence-corrected chi connectivity index (χ3v) is 6.50. The fraction of sp³-hybridized carbons (Fsp3) is 0. The zero-order chi connectivity index (χ0) is 21.5. The second kappa shape index (κ2) is 7.48. The van der Waals surface area contributed by atoms with Crippen molar-refractivity contribution in [3.63, 3.8) is 0 Å². The molecule has 0 radical (unpaired) electrons. The molecule has 0 aliphatic rings. The number of hydrogen-bond acceptors (Lipinski definition) is 4. The summed E-state index contributed by atoms with van der Waals surface area (Å²) in [6.45, 7) is 0. The Labute approximate surface area is 175 Å². The number of aromatic nitrogens is 1.